The van der Waals surface area contributed by atoms with Crippen LogP contribution in [0.3, 0.4) is 0 Å². The summed E-state index contributed by atoms with van der Waals surface area (Å²) in [6.45, 7) is 2.00. The molecule has 2 aromatic rings. The molecule has 1 aliphatic heterocycles. The minimum atomic E-state index is -0.412. The number of nitrogens with one attached hydrogen (secondary N) is 2. The van der Waals surface area contributed by atoms with Crippen molar-refractivity contribution in [3.63, 3.8) is 0 Å². The van der Waals surface area contributed by atoms with Crippen LogP contribution in [0.5, 0.6) is 0 Å². The van der Waals surface area contributed by atoms with Crippen molar-refractivity contribution in [1.29, 1.82) is 0 Å². The Morgan fingerprint density at radius 3 is 2.74 bits per heavy atom. The van der Waals surface area contributed by atoms with Crippen LogP contribution in [-0.4, -0.2) is 34.2 Å². The fourth-order valence-electron chi connectivity index (χ4n) is 3.19. The van der Waals surface area contributed by atoms with Crippen molar-refractivity contribution in [1.82, 2.24) is 9.78 Å². The summed E-state index contributed by atoms with van der Waals surface area (Å²) < 4.78 is 6.38. The van der Waals surface area contributed by atoms with E-state index in [0.29, 0.717) is 11.6 Å². The van der Waals surface area contributed by atoms with Gasteiger partial charge in [0.2, 0.25) is 11.8 Å². The number of rotatable bonds is 6. The molecule has 0 unspecified atom stereocenters. The number of nitrogens with zero attached hydrogens (tertiary/aromatic N) is 2. The molecule has 3 rings (SSSR count). The lowest BCUT2D eigenvalue weighted by Gasteiger charge is -2.24. The molecule has 0 spiro atoms. The lowest BCUT2D eigenvalue weighted by Crippen LogP contribution is -2.25. The first kappa shape index (κ1) is 18.6. The Bertz CT molecular complexity index is 860. The maximum absolute atomic E-state index is 12.3. The van der Waals surface area contributed by atoms with Gasteiger partial charge in [-0.05, 0) is 12.5 Å². The third kappa shape index (κ3) is 4.16. The van der Waals surface area contributed by atoms with Crippen LogP contribution in [0.1, 0.15) is 43.2 Å². The van der Waals surface area contributed by atoms with Gasteiger partial charge in [-0.15, -0.1) is 0 Å². The number of carbonyl (C=O) groups excluding carboxylic acids is 3. The fourth-order valence-corrected chi connectivity index (χ4v) is 3.19. The normalized spacial score (nSPS) is 15.6. The highest BCUT2D eigenvalue weighted by molar-refractivity contribution is 5.98. The second-order valence-corrected chi connectivity index (χ2v) is 6.30. The smallest absolute Gasteiger partial charge is 0.306 e. The van der Waals surface area contributed by atoms with Gasteiger partial charge in [-0.3, -0.25) is 19.1 Å². The number of fused-ring (bicyclic) bond motifs is 1. The largest absolute Gasteiger partial charge is 0.466 e. The van der Waals surface area contributed by atoms with E-state index < -0.39 is 5.97 Å². The van der Waals surface area contributed by atoms with Crippen LogP contribution in [-0.2, 0) is 26.2 Å². The highest BCUT2D eigenvalue weighted by Gasteiger charge is 2.33. The number of carbonyl (C=O) groups is 3. The topological polar surface area (TPSA) is 102 Å². The molecule has 1 aromatic carbocycles. The highest BCUT2D eigenvalue weighted by Crippen LogP contribution is 2.41. The molecule has 0 saturated carbocycles. The molecular weight excluding hydrogens is 348 g/mol. The van der Waals surface area contributed by atoms with Gasteiger partial charge in [-0.1, -0.05) is 30.3 Å². The zero-order valence-corrected chi connectivity index (χ0v) is 15.3. The van der Waals surface area contributed by atoms with E-state index in [9.17, 15) is 14.4 Å². The average molecular weight is 370 g/mol. The minimum Gasteiger partial charge on any atom is -0.466 e. The Morgan fingerprint density at radius 1 is 1.30 bits per heavy atom. The van der Waals surface area contributed by atoms with E-state index in [2.05, 4.69) is 15.7 Å². The average Bonchev–Trinajstić information content (AvgIpc) is 2.96. The molecule has 2 heterocycles. The van der Waals surface area contributed by atoms with Gasteiger partial charge in [0.15, 0.2) is 5.82 Å². The highest BCUT2D eigenvalue weighted by atomic mass is 16.5. The Hall–Kier alpha value is -3.16. The van der Waals surface area contributed by atoms with E-state index in [0.717, 1.165) is 11.1 Å². The summed E-state index contributed by atoms with van der Waals surface area (Å²) in [4.78, 5) is 35.8. The molecule has 0 aliphatic carbocycles. The molecule has 1 atom stereocenters. The zero-order valence-electron chi connectivity index (χ0n) is 15.3. The van der Waals surface area contributed by atoms with E-state index in [1.165, 1.54) is 0 Å². The lowest BCUT2D eigenvalue weighted by molar-refractivity contribution is -0.144. The third-order valence-corrected chi connectivity index (χ3v) is 4.40. The van der Waals surface area contributed by atoms with E-state index >= 15 is 0 Å². The van der Waals surface area contributed by atoms with Crippen molar-refractivity contribution in [2.75, 3.05) is 17.2 Å². The third-order valence-electron chi connectivity index (χ3n) is 4.40. The summed E-state index contributed by atoms with van der Waals surface area (Å²) >= 11 is 0. The summed E-state index contributed by atoms with van der Waals surface area (Å²) in [5, 5.41) is 9.96. The summed E-state index contributed by atoms with van der Waals surface area (Å²) in [6, 6.07) is 9.64. The molecule has 0 radical (unpaired) electrons. The molecular formula is C19H22N4O4. The number of aromatic nitrogens is 2. The molecule has 1 aliphatic rings. The number of benzene rings is 1. The zero-order chi connectivity index (χ0) is 19.4. The van der Waals surface area contributed by atoms with Crippen LogP contribution >= 0.6 is 0 Å². The van der Waals surface area contributed by atoms with Crippen LogP contribution in [0.4, 0.5) is 11.6 Å². The van der Waals surface area contributed by atoms with E-state index in [4.69, 9.17) is 4.74 Å². The lowest BCUT2D eigenvalue weighted by atomic mass is 9.86. The van der Waals surface area contributed by atoms with Crippen LogP contribution in [0, 0.1) is 0 Å². The Labute approximate surface area is 156 Å². The summed E-state index contributed by atoms with van der Waals surface area (Å²) in [7, 11) is 1.71. The molecule has 142 valence electrons. The first-order valence-electron chi connectivity index (χ1n) is 8.86. The summed E-state index contributed by atoms with van der Waals surface area (Å²) in [6.07, 6.45) is 0.286. The molecule has 8 nitrogen and oxygen atoms in total. The predicted molar refractivity (Wildman–Crippen MR) is 99.2 cm³/mol. The van der Waals surface area contributed by atoms with Crippen LogP contribution < -0.4 is 10.6 Å². The number of amides is 2. The predicted octanol–water partition coefficient (Wildman–Crippen LogP) is 2.18. The summed E-state index contributed by atoms with van der Waals surface area (Å²) in [5.41, 5.74) is 1.75. The first-order valence-corrected chi connectivity index (χ1v) is 8.86. The number of hydrogen-bond donors (Lipinski definition) is 2. The van der Waals surface area contributed by atoms with Crippen molar-refractivity contribution >= 4 is 29.4 Å². The van der Waals surface area contributed by atoms with Gasteiger partial charge < -0.3 is 15.4 Å². The second-order valence-electron chi connectivity index (χ2n) is 6.30. The van der Waals surface area contributed by atoms with Gasteiger partial charge in [0.1, 0.15) is 5.82 Å². The standard InChI is InChI=1S/C19H22N4O4/c1-3-27-16(26)10-9-14(24)20-18-17-13(12-7-5-4-6-8-12)11-15(25)21-19(17)23(2)22-18/h4-8,13H,3,9-11H2,1-2H3,(H,21,25)(H,20,22,24)/t13-/m0/s1. The van der Waals surface area contributed by atoms with Crippen molar-refractivity contribution in [2.45, 2.75) is 32.1 Å². The Morgan fingerprint density at radius 2 is 2.04 bits per heavy atom. The van der Waals surface area contributed by atoms with E-state index in [1.807, 2.05) is 30.3 Å². The molecule has 0 fully saturated rings. The van der Waals surface area contributed by atoms with Crippen molar-refractivity contribution in [3.8, 4) is 0 Å². The number of esters is 1. The molecule has 8 heteroatoms. The maximum atomic E-state index is 12.3. The minimum absolute atomic E-state index is 0.00649. The van der Waals surface area contributed by atoms with Gasteiger partial charge in [-0.25, -0.2) is 0 Å². The summed E-state index contributed by atoms with van der Waals surface area (Å²) in [5.74, 6) is -0.0719. The van der Waals surface area contributed by atoms with Crippen molar-refractivity contribution in [3.05, 3.63) is 41.5 Å². The quantitative estimate of drug-likeness (QED) is 0.759. The van der Waals surface area contributed by atoms with Crippen LogP contribution in [0.2, 0.25) is 0 Å². The van der Waals surface area contributed by atoms with Gasteiger partial charge in [0, 0.05) is 31.4 Å². The van der Waals surface area contributed by atoms with E-state index in [1.54, 1.807) is 18.7 Å². The number of hydrogen-bond acceptors (Lipinski definition) is 5. The molecule has 2 amide bonds. The molecule has 1 aromatic heterocycles. The SMILES string of the molecule is CCOC(=O)CCC(=O)Nc1nn(C)c2c1[C@H](c1ccccc1)CC(=O)N2. The maximum Gasteiger partial charge on any atom is 0.306 e. The van der Waals surface area contributed by atoms with Gasteiger partial charge in [-0.2, -0.15) is 5.10 Å². The van der Waals surface area contributed by atoms with Crippen molar-refractivity contribution < 1.29 is 19.1 Å². The molecule has 0 bridgehead atoms. The molecule has 0 saturated heterocycles. The Kier molecular flexibility index (Phi) is 5.54. The monoisotopic (exact) mass is 370 g/mol. The van der Waals surface area contributed by atoms with Crippen LogP contribution in [0.15, 0.2) is 30.3 Å². The molecule has 2 N–H and O–H groups in total. The van der Waals surface area contributed by atoms with Crippen LogP contribution in [0.25, 0.3) is 0 Å². The first-order chi connectivity index (χ1) is 13.0. The molecule has 27 heavy (non-hydrogen) atoms. The van der Waals surface area contributed by atoms with Gasteiger partial charge in [0.05, 0.1) is 13.0 Å². The van der Waals surface area contributed by atoms with Gasteiger partial charge in [0.25, 0.3) is 0 Å². The second kappa shape index (κ2) is 8.03. The number of ether oxygens (including phenoxy) is 1. The fraction of sp³-hybridized carbons (Fsp3) is 0.368. The van der Waals surface area contributed by atoms with Gasteiger partial charge >= 0.3 is 5.97 Å². The van der Waals surface area contributed by atoms with Crippen molar-refractivity contribution in [2.24, 2.45) is 7.05 Å². The number of anilines is 2. The van der Waals surface area contributed by atoms with E-state index in [-0.39, 0.29) is 43.6 Å². The number of aryl methyl sites for hydroxylation is 1. The Balaban J connectivity index is 1.84.